The van der Waals surface area contributed by atoms with E-state index in [1.807, 2.05) is 25.1 Å². The fraction of sp³-hybridized carbons (Fsp3) is 0.0952. The number of hydrogen-bond acceptors (Lipinski definition) is 4. The van der Waals surface area contributed by atoms with E-state index in [4.69, 9.17) is 0 Å². The maximum Gasteiger partial charge on any atom is 0.258 e. The molecule has 1 N–H and O–H groups in total. The van der Waals surface area contributed by atoms with Crippen LogP contribution < -0.4 is 10.9 Å². The van der Waals surface area contributed by atoms with Gasteiger partial charge in [-0.15, -0.1) is 0 Å². The van der Waals surface area contributed by atoms with Gasteiger partial charge in [-0.25, -0.2) is 9.37 Å². The lowest BCUT2D eigenvalue weighted by Gasteiger charge is -2.09. The number of fused-ring (bicyclic) bond motifs is 1. The average Bonchev–Trinajstić information content (AvgIpc) is 3.09. The van der Waals surface area contributed by atoms with Crippen molar-refractivity contribution in [2.75, 3.05) is 5.32 Å². The third-order valence-electron chi connectivity index (χ3n) is 4.39. The highest BCUT2D eigenvalue weighted by Crippen LogP contribution is 2.28. The molecule has 0 aliphatic carbocycles. The molecule has 2 aromatic heterocycles. The lowest BCUT2D eigenvalue weighted by Crippen LogP contribution is -2.23. The zero-order valence-corrected chi connectivity index (χ0v) is 15.8. The highest BCUT2D eigenvalue weighted by Gasteiger charge is 2.13. The third kappa shape index (κ3) is 3.57. The zero-order valence-electron chi connectivity index (χ0n) is 15.0. The number of nitrogens with zero attached hydrogens (tertiary/aromatic N) is 2. The highest BCUT2D eigenvalue weighted by molar-refractivity contribution is 7.22. The van der Waals surface area contributed by atoms with E-state index < -0.39 is 5.82 Å². The number of benzene rings is 2. The fourth-order valence-corrected chi connectivity index (χ4v) is 3.85. The van der Waals surface area contributed by atoms with Crippen LogP contribution in [0.5, 0.6) is 0 Å². The van der Waals surface area contributed by atoms with Gasteiger partial charge in [0.1, 0.15) is 5.82 Å². The first kappa shape index (κ1) is 18.1. The number of carbonyl (C=O) groups is 1. The smallest absolute Gasteiger partial charge is 0.258 e. The van der Waals surface area contributed by atoms with E-state index in [1.54, 1.807) is 18.2 Å². The fourth-order valence-electron chi connectivity index (χ4n) is 2.91. The van der Waals surface area contributed by atoms with Crippen molar-refractivity contribution in [3.8, 4) is 0 Å². The lowest BCUT2D eigenvalue weighted by atomic mass is 10.2. The summed E-state index contributed by atoms with van der Waals surface area (Å²) in [5.74, 6) is -0.770. The number of para-hydroxylation sites is 1. The van der Waals surface area contributed by atoms with Crippen LogP contribution in [0, 0.1) is 12.7 Å². The molecule has 28 heavy (non-hydrogen) atoms. The number of aromatic nitrogens is 2. The van der Waals surface area contributed by atoms with E-state index in [-0.39, 0.29) is 18.0 Å². The van der Waals surface area contributed by atoms with Crippen molar-refractivity contribution in [3.05, 3.63) is 93.7 Å². The Hall–Kier alpha value is -3.32. The van der Waals surface area contributed by atoms with Crippen LogP contribution in [0.3, 0.4) is 0 Å². The minimum absolute atomic E-state index is 0.0486. The van der Waals surface area contributed by atoms with Crippen LogP contribution in [0.2, 0.25) is 0 Å². The van der Waals surface area contributed by atoms with E-state index in [2.05, 4.69) is 10.3 Å². The molecule has 0 radical (unpaired) electrons. The topological polar surface area (TPSA) is 64.0 Å². The Bertz CT molecular complexity index is 1250. The van der Waals surface area contributed by atoms with Gasteiger partial charge in [0.2, 0.25) is 0 Å². The molecule has 140 valence electrons. The van der Waals surface area contributed by atoms with Gasteiger partial charge in [0, 0.05) is 17.8 Å². The van der Waals surface area contributed by atoms with Crippen LogP contribution in [-0.2, 0) is 6.54 Å². The van der Waals surface area contributed by atoms with Crippen molar-refractivity contribution in [2.45, 2.75) is 13.5 Å². The molecule has 7 heteroatoms. The normalized spacial score (nSPS) is 10.9. The van der Waals surface area contributed by atoms with E-state index in [0.29, 0.717) is 16.3 Å². The van der Waals surface area contributed by atoms with Gasteiger partial charge in [-0.05, 0) is 30.7 Å². The summed E-state index contributed by atoms with van der Waals surface area (Å²) in [6.07, 6.45) is 1.43. The van der Waals surface area contributed by atoms with Crippen LogP contribution in [0.15, 0.2) is 65.6 Å². The molecule has 4 rings (SSSR count). The second-order valence-electron chi connectivity index (χ2n) is 6.37. The Morgan fingerprint density at radius 3 is 2.75 bits per heavy atom. The molecule has 0 fully saturated rings. The number of amides is 1. The Labute approximate surface area is 164 Å². The Kier molecular flexibility index (Phi) is 4.75. The summed E-state index contributed by atoms with van der Waals surface area (Å²) in [4.78, 5) is 29.2. The van der Waals surface area contributed by atoms with Gasteiger partial charge < -0.3 is 4.57 Å². The summed E-state index contributed by atoms with van der Waals surface area (Å²) in [6, 6.07) is 14.9. The number of anilines is 1. The molecule has 0 atom stereocenters. The maximum absolute atomic E-state index is 13.9. The predicted molar refractivity (Wildman–Crippen MR) is 109 cm³/mol. The van der Waals surface area contributed by atoms with Crippen molar-refractivity contribution in [1.82, 2.24) is 9.55 Å². The van der Waals surface area contributed by atoms with E-state index in [1.165, 1.54) is 40.3 Å². The first-order chi connectivity index (χ1) is 13.5. The molecule has 1 amide bonds. The Morgan fingerprint density at radius 1 is 1.14 bits per heavy atom. The molecular weight excluding hydrogens is 377 g/mol. The van der Waals surface area contributed by atoms with Crippen LogP contribution in [0.4, 0.5) is 9.52 Å². The van der Waals surface area contributed by atoms with E-state index >= 15 is 0 Å². The lowest BCUT2D eigenvalue weighted by molar-refractivity contribution is 0.102. The molecule has 2 aromatic carbocycles. The van der Waals surface area contributed by atoms with Crippen molar-refractivity contribution < 1.29 is 9.18 Å². The predicted octanol–water partition coefficient (Wildman–Crippen LogP) is 4.21. The van der Waals surface area contributed by atoms with Crippen molar-refractivity contribution in [2.24, 2.45) is 0 Å². The van der Waals surface area contributed by atoms with Crippen LogP contribution in [0.25, 0.3) is 10.2 Å². The molecule has 4 aromatic rings. The number of rotatable bonds is 4. The van der Waals surface area contributed by atoms with E-state index in [0.717, 1.165) is 15.8 Å². The van der Waals surface area contributed by atoms with Gasteiger partial charge in [0.25, 0.3) is 11.5 Å². The summed E-state index contributed by atoms with van der Waals surface area (Å²) in [5.41, 5.74) is 2.26. The SMILES string of the molecule is Cc1cccc2sc(NC(=O)c3ccc(=O)n(Cc4ccccc4F)c3)nc12. The molecular formula is C21H16FN3O2S. The van der Waals surface area contributed by atoms with Crippen molar-refractivity contribution >= 4 is 32.6 Å². The maximum atomic E-state index is 13.9. The van der Waals surface area contributed by atoms with Gasteiger partial charge >= 0.3 is 0 Å². The molecule has 0 saturated carbocycles. The van der Waals surface area contributed by atoms with Gasteiger partial charge in [-0.1, -0.05) is 41.7 Å². The molecule has 0 unspecified atom stereocenters. The number of nitrogens with one attached hydrogen (secondary N) is 1. The second-order valence-corrected chi connectivity index (χ2v) is 7.40. The molecule has 0 spiro atoms. The van der Waals surface area contributed by atoms with E-state index in [9.17, 15) is 14.0 Å². The van der Waals surface area contributed by atoms with Crippen molar-refractivity contribution in [3.63, 3.8) is 0 Å². The number of hydrogen-bond donors (Lipinski definition) is 1. The summed E-state index contributed by atoms with van der Waals surface area (Å²) in [6.45, 7) is 2.01. The summed E-state index contributed by atoms with van der Waals surface area (Å²) in [5, 5.41) is 3.26. The highest BCUT2D eigenvalue weighted by atomic mass is 32.1. The number of aryl methyl sites for hydroxylation is 1. The quantitative estimate of drug-likeness (QED) is 0.565. The van der Waals surface area contributed by atoms with Gasteiger partial charge in [0.05, 0.1) is 22.3 Å². The molecule has 0 saturated heterocycles. The van der Waals surface area contributed by atoms with Gasteiger partial charge in [0.15, 0.2) is 5.13 Å². The monoisotopic (exact) mass is 393 g/mol. The van der Waals surface area contributed by atoms with Gasteiger partial charge in [-0.3, -0.25) is 14.9 Å². The van der Waals surface area contributed by atoms with Crippen LogP contribution in [0.1, 0.15) is 21.5 Å². The van der Waals surface area contributed by atoms with Crippen LogP contribution in [-0.4, -0.2) is 15.5 Å². The number of halogens is 1. The minimum Gasteiger partial charge on any atom is -0.310 e. The zero-order chi connectivity index (χ0) is 19.7. The molecule has 2 heterocycles. The molecule has 0 aliphatic rings. The Balaban J connectivity index is 1.60. The number of pyridine rings is 1. The summed E-state index contributed by atoms with van der Waals surface area (Å²) < 4.78 is 16.2. The second kappa shape index (κ2) is 7.36. The number of carbonyl (C=O) groups excluding carboxylic acids is 1. The average molecular weight is 393 g/mol. The number of thiazole rings is 1. The first-order valence-corrected chi connectivity index (χ1v) is 9.44. The molecule has 0 aliphatic heterocycles. The molecule has 0 bridgehead atoms. The molecule has 5 nitrogen and oxygen atoms in total. The standard InChI is InChI=1S/C21H16FN3O2S/c1-13-5-4-8-17-19(13)23-21(28-17)24-20(27)15-9-10-18(26)25(12-15)11-14-6-2-3-7-16(14)22/h2-10,12H,11H2,1H3,(H,23,24,27). The van der Waals surface area contributed by atoms with Gasteiger partial charge in [-0.2, -0.15) is 0 Å². The van der Waals surface area contributed by atoms with Crippen molar-refractivity contribution in [1.29, 1.82) is 0 Å². The Morgan fingerprint density at radius 2 is 1.96 bits per heavy atom. The summed E-state index contributed by atoms with van der Waals surface area (Å²) in [7, 11) is 0. The summed E-state index contributed by atoms with van der Waals surface area (Å²) >= 11 is 1.39. The van der Waals surface area contributed by atoms with Crippen LogP contribution >= 0.6 is 11.3 Å². The third-order valence-corrected chi connectivity index (χ3v) is 5.32. The minimum atomic E-state index is -0.394. The largest absolute Gasteiger partial charge is 0.310 e. The first-order valence-electron chi connectivity index (χ1n) is 8.63.